The molecule has 1 aromatic rings. The average molecular weight is 330 g/mol. The predicted octanol–water partition coefficient (Wildman–Crippen LogP) is 1.86. The van der Waals surface area contributed by atoms with Crippen LogP contribution >= 0.6 is 0 Å². The number of hydrogen-bond acceptors (Lipinski definition) is 4. The molecule has 6 nitrogen and oxygen atoms in total. The van der Waals surface area contributed by atoms with Crippen molar-refractivity contribution in [3.8, 4) is 0 Å². The van der Waals surface area contributed by atoms with Gasteiger partial charge < -0.3 is 19.9 Å². The van der Waals surface area contributed by atoms with Crippen LogP contribution in [-0.2, 0) is 4.74 Å². The van der Waals surface area contributed by atoms with E-state index in [1.165, 1.54) is 0 Å². The molecule has 0 atom stereocenters. The van der Waals surface area contributed by atoms with Gasteiger partial charge in [-0.1, -0.05) is 18.2 Å². The zero-order valence-corrected chi connectivity index (χ0v) is 14.1. The maximum absolute atomic E-state index is 12.6. The summed E-state index contributed by atoms with van der Waals surface area (Å²) in [5, 5.41) is 3.09. The molecule has 0 bridgehead atoms. The fraction of sp³-hybridized carbons (Fsp3) is 0.500. The Labute approximate surface area is 143 Å². The molecule has 2 fully saturated rings. The first-order chi connectivity index (χ1) is 11.8. The van der Waals surface area contributed by atoms with Crippen LogP contribution in [0.5, 0.6) is 0 Å². The lowest BCUT2D eigenvalue weighted by atomic mass is 10.2. The largest absolute Gasteiger partial charge is 0.378 e. The summed E-state index contributed by atoms with van der Waals surface area (Å²) in [6.07, 6.45) is 1.91. The molecule has 2 heterocycles. The van der Waals surface area contributed by atoms with E-state index in [1.807, 2.05) is 29.2 Å². The second-order valence-electron chi connectivity index (χ2n) is 6.12. The molecular weight excluding hydrogens is 304 g/mol. The van der Waals surface area contributed by atoms with E-state index in [0.29, 0.717) is 0 Å². The molecule has 1 aromatic carbocycles. The predicted molar refractivity (Wildman–Crippen MR) is 96.7 cm³/mol. The molecule has 2 aliphatic heterocycles. The van der Waals surface area contributed by atoms with Gasteiger partial charge in [0.1, 0.15) is 0 Å². The van der Waals surface area contributed by atoms with E-state index in [4.69, 9.17) is 4.74 Å². The van der Waals surface area contributed by atoms with Gasteiger partial charge in [0.15, 0.2) is 0 Å². The maximum Gasteiger partial charge on any atom is 0.321 e. The van der Waals surface area contributed by atoms with Gasteiger partial charge in [-0.25, -0.2) is 4.79 Å². The van der Waals surface area contributed by atoms with Crippen molar-refractivity contribution in [3.63, 3.8) is 0 Å². The Morgan fingerprint density at radius 3 is 2.54 bits per heavy atom. The summed E-state index contributed by atoms with van der Waals surface area (Å²) in [4.78, 5) is 19.1. The first-order valence-corrected chi connectivity index (χ1v) is 8.59. The number of nitrogens with one attached hydrogen (secondary N) is 1. The van der Waals surface area contributed by atoms with Crippen molar-refractivity contribution in [2.45, 2.75) is 0 Å². The average Bonchev–Trinajstić information content (AvgIpc) is 2.64. The number of nitrogens with zero attached hydrogens (tertiary/aromatic N) is 3. The summed E-state index contributed by atoms with van der Waals surface area (Å²) in [6, 6.07) is 7.98. The summed E-state index contributed by atoms with van der Waals surface area (Å²) in [5.74, 6) is 0. The third-order valence-corrected chi connectivity index (χ3v) is 4.54. The first kappa shape index (κ1) is 16.8. The number of hydrogen-bond donors (Lipinski definition) is 1. The first-order valence-electron chi connectivity index (χ1n) is 8.59. The van der Waals surface area contributed by atoms with E-state index in [0.717, 1.165) is 70.4 Å². The van der Waals surface area contributed by atoms with Crippen molar-refractivity contribution in [2.24, 2.45) is 0 Å². The molecule has 0 spiro atoms. The Morgan fingerprint density at radius 2 is 1.83 bits per heavy atom. The van der Waals surface area contributed by atoms with E-state index in [9.17, 15) is 4.79 Å². The van der Waals surface area contributed by atoms with Crippen molar-refractivity contribution in [1.29, 1.82) is 0 Å². The van der Waals surface area contributed by atoms with Gasteiger partial charge in [-0.05, 0) is 12.1 Å². The molecule has 2 aliphatic rings. The van der Waals surface area contributed by atoms with Crippen molar-refractivity contribution in [3.05, 3.63) is 36.9 Å². The normalized spacial score (nSPS) is 19.2. The SMILES string of the molecule is C=CCN1CCN(C(=O)Nc2ccccc2N2CCOCC2)CC1. The minimum Gasteiger partial charge on any atom is -0.378 e. The van der Waals surface area contributed by atoms with Gasteiger partial charge in [-0.3, -0.25) is 4.90 Å². The number of carbonyl (C=O) groups excluding carboxylic acids is 1. The van der Waals surface area contributed by atoms with Crippen LogP contribution in [0.4, 0.5) is 16.2 Å². The zero-order valence-electron chi connectivity index (χ0n) is 14.1. The number of piperazine rings is 1. The van der Waals surface area contributed by atoms with Gasteiger partial charge in [0.25, 0.3) is 0 Å². The van der Waals surface area contributed by atoms with Crippen LogP contribution in [0.2, 0.25) is 0 Å². The van der Waals surface area contributed by atoms with Gasteiger partial charge in [-0.2, -0.15) is 0 Å². The standard InChI is InChI=1S/C18H26N4O2/c1-2-7-20-8-10-22(11-9-20)18(23)19-16-5-3-4-6-17(16)21-12-14-24-15-13-21/h2-6H,1,7-15H2,(H,19,23). The number of rotatable bonds is 4. The molecular formula is C18H26N4O2. The number of ether oxygens (including phenoxy) is 1. The number of urea groups is 1. The number of amides is 2. The summed E-state index contributed by atoms with van der Waals surface area (Å²) in [7, 11) is 0. The van der Waals surface area contributed by atoms with Crippen molar-refractivity contribution < 1.29 is 9.53 Å². The van der Waals surface area contributed by atoms with E-state index < -0.39 is 0 Å². The van der Waals surface area contributed by atoms with Crippen LogP contribution in [0.3, 0.4) is 0 Å². The number of carbonyl (C=O) groups is 1. The molecule has 6 heteroatoms. The Morgan fingerprint density at radius 1 is 1.12 bits per heavy atom. The topological polar surface area (TPSA) is 48.0 Å². The maximum atomic E-state index is 12.6. The molecule has 130 valence electrons. The fourth-order valence-corrected chi connectivity index (χ4v) is 3.17. The number of benzene rings is 1. The number of para-hydroxylation sites is 2. The van der Waals surface area contributed by atoms with Crippen LogP contribution in [0, 0.1) is 0 Å². The quantitative estimate of drug-likeness (QED) is 0.856. The molecule has 2 saturated heterocycles. The molecule has 3 rings (SSSR count). The molecule has 2 amide bonds. The third-order valence-electron chi connectivity index (χ3n) is 4.54. The molecule has 1 N–H and O–H groups in total. The molecule has 0 radical (unpaired) electrons. The van der Waals surface area contributed by atoms with Crippen molar-refractivity contribution in [2.75, 3.05) is 69.2 Å². The van der Waals surface area contributed by atoms with E-state index in [1.54, 1.807) is 0 Å². The summed E-state index contributed by atoms with van der Waals surface area (Å²) in [6.45, 7) is 11.1. The van der Waals surface area contributed by atoms with E-state index in [2.05, 4.69) is 27.8 Å². The van der Waals surface area contributed by atoms with Crippen LogP contribution in [0.1, 0.15) is 0 Å². The monoisotopic (exact) mass is 330 g/mol. The van der Waals surface area contributed by atoms with Gasteiger partial charge >= 0.3 is 6.03 Å². The van der Waals surface area contributed by atoms with Gasteiger partial charge in [0, 0.05) is 45.8 Å². The molecule has 24 heavy (non-hydrogen) atoms. The highest BCUT2D eigenvalue weighted by Crippen LogP contribution is 2.26. The third kappa shape index (κ3) is 4.07. The Kier molecular flexibility index (Phi) is 5.72. The van der Waals surface area contributed by atoms with Gasteiger partial charge in [0.2, 0.25) is 0 Å². The molecule has 0 aliphatic carbocycles. The molecule has 0 saturated carbocycles. The highest BCUT2D eigenvalue weighted by molar-refractivity contribution is 5.93. The smallest absolute Gasteiger partial charge is 0.321 e. The van der Waals surface area contributed by atoms with Crippen LogP contribution in [-0.4, -0.2) is 74.9 Å². The molecule has 0 unspecified atom stereocenters. The minimum atomic E-state index is -0.0195. The van der Waals surface area contributed by atoms with Crippen molar-refractivity contribution in [1.82, 2.24) is 9.80 Å². The summed E-state index contributed by atoms with van der Waals surface area (Å²) < 4.78 is 5.42. The lowest BCUT2D eigenvalue weighted by molar-refractivity contribution is 0.123. The lowest BCUT2D eigenvalue weighted by Gasteiger charge is -2.35. The Hall–Kier alpha value is -2.05. The number of anilines is 2. The van der Waals surface area contributed by atoms with E-state index >= 15 is 0 Å². The number of morpholine rings is 1. The van der Waals surface area contributed by atoms with Gasteiger partial charge in [0.05, 0.1) is 24.6 Å². The highest BCUT2D eigenvalue weighted by Gasteiger charge is 2.22. The second-order valence-corrected chi connectivity index (χ2v) is 6.12. The second kappa shape index (κ2) is 8.17. The van der Waals surface area contributed by atoms with Crippen LogP contribution < -0.4 is 10.2 Å². The molecule has 0 aromatic heterocycles. The van der Waals surface area contributed by atoms with Crippen LogP contribution in [0.15, 0.2) is 36.9 Å². The summed E-state index contributed by atoms with van der Waals surface area (Å²) in [5.41, 5.74) is 1.94. The highest BCUT2D eigenvalue weighted by atomic mass is 16.5. The fourth-order valence-electron chi connectivity index (χ4n) is 3.17. The lowest BCUT2D eigenvalue weighted by Crippen LogP contribution is -2.50. The Bertz CT molecular complexity index is 564. The van der Waals surface area contributed by atoms with Crippen molar-refractivity contribution >= 4 is 17.4 Å². The minimum absolute atomic E-state index is 0.0195. The Balaban J connectivity index is 1.61. The van der Waals surface area contributed by atoms with Gasteiger partial charge in [-0.15, -0.1) is 6.58 Å². The zero-order chi connectivity index (χ0) is 16.8. The van der Waals surface area contributed by atoms with Crippen LogP contribution in [0.25, 0.3) is 0 Å². The summed E-state index contributed by atoms with van der Waals surface area (Å²) >= 11 is 0. The van der Waals surface area contributed by atoms with E-state index in [-0.39, 0.29) is 6.03 Å².